The van der Waals surface area contributed by atoms with Gasteiger partial charge < -0.3 is 14.4 Å². The van der Waals surface area contributed by atoms with Crippen LogP contribution in [0.5, 0.6) is 5.75 Å². The predicted molar refractivity (Wildman–Crippen MR) is 123 cm³/mol. The number of benzene rings is 2. The van der Waals surface area contributed by atoms with Gasteiger partial charge in [0.25, 0.3) is 5.91 Å². The third-order valence-corrected chi connectivity index (χ3v) is 6.50. The summed E-state index contributed by atoms with van der Waals surface area (Å²) in [5, 5.41) is 0. The fraction of sp³-hybridized carbons (Fsp3) is 0.333. The summed E-state index contributed by atoms with van der Waals surface area (Å²) in [4.78, 5) is 19.4. The van der Waals surface area contributed by atoms with E-state index in [4.69, 9.17) is 9.47 Å². The molecule has 0 unspecified atom stereocenters. The molecule has 1 aromatic heterocycles. The summed E-state index contributed by atoms with van der Waals surface area (Å²) in [5.41, 5.74) is 1.32. The van der Waals surface area contributed by atoms with Crippen LogP contribution in [-0.2, 0) is 11.2 Å². The Morgan fingerprint density at radius 2 is 2.03 bits per heavy atom. The first kappa shape index (κ1) is 22.5. The lowest BCUT2D eigenvalue weighted by Gasteiger charge is -2.39. The standard InChI is InChI=1S/C27H26F2N2O3/c28-21-6-3-7-23(14-21)34-24-15-27(33-17-24)11-4-12-31(18-27)26(32)20-9-10-22(30-16-20)13-19-5-1-2-8-25(19)29/h1-3,5-10,14,16,24H,4,11-13,15,17-18H2/t24-,27-/m1/s1. The van der Waals surface area contributed by atoms with E-state index in [1.54, 1.807) is 48.7 Å². The lowest BCUT2D eigenvalue weighted by atomic mass is 9.89. The smallest absolute Gasteiger partial charge is 0.255 e. The van der Waals surface area contributed by atoms with E-state index >= 15 is 0 Å². The summed E-state index contributed by atoms with van der Waals surface area (Å²) in [5.74, 6) is -0.216. The van der Waals surface area contributed by atoms with Crippen LogP contribution in [0, 0.1) is 11.6 Å². The molecule has 2 aliphatic heterocycles. The van der Waals surface area contributed by atoms with Crippen molar-refractivity contribution in [2.75, 3.05) is 19.7 Å². The molecule has 1 spiro atoms. The first-order valence-corrected chi connectivity index (χ1v) is 11.5. The summed E-state index contributed by atoms with van der Waals surface area (Å²) in [6.07, 6.45) is 4.07. The molecule has 1 amide bonds. The van der Waals surface area contributed by atoms with Crippen molar-refractivity contribution in [3.05, 3.63) is 95.3 Å². The second-order valence-electron chi connectivity index (χ2n) is 9.03. The van der Waals surface area contributed by atoms with Crippen LogP contribution in [0.3, 0.4) is 0 Å². The molecule has 0 aliphatic carbocycles. The molecule has 0 radical (unpaired) electrons. The molecule has 5 rings (SSSR count). The number of halogens is 2. The van der Waals surface area contributed by atoms with Gasteiger partial charge in [0.1, 0.15) is 23.5 Å². The monoisotopic (exact) mass is 464 g/mol. The van der Waals surface area contributed by atoms with Crippen molar-refractivity contribution in [1.29, 1.82) is 0 Å². The minimum Gasteiger partial charge on any atom is -0.488 e. The molecule has 0 saturated carbocycles. The molecule has 3 aromatic rings. The van der Waals surface area contributed by atoms with Crippen molar-refractivity contribution in [3.8, 4) is 5.75 Å². The van der Waals surface area contributed by atoms with Gasteiger partial charge in [0.15, 0.2) is 0 Å². The van der Waals surface area contributed by atoms with E-state index in [-0.39, 0.29) is 23.6 Å². The SMILES string of the molecule is O=C(c1ccc(Cc2ccccc2F)nc1)N1CCC[C@@]2(C[C@@H](Oc3cccc(F)c3)CO2)C1. The Balaban J connectivity index is 1.21. The van der Waals surface area contributed by atoms with E-state index in [9.17, 15) is 13.6 Å². The highest BCUT2D eigenvalue weighted by atomic mass is 19.1. The number of likely N-dealkylation sites (tertiary alicyclic amines) is 1. The van der Waals surface area contributed by atoms with Gasteiger partial charge in [-0.25, -0.2) is 8.78 Å². The van der Waals surface area contributed by atoms with Gasteiger partial charge in [0.2, 0.25) is 0 Å². The van der Waals surface area contributed by atoms with Gasteiger partial charge in [0, 0.05) is 37.3 Å². The van der Waals surface area contributed by atoms with Crippen LogP contribution >= 0.6 is 0 Å². The van der Waals surface area contributed by atoms with Gasteiger partial charge in [-0.2, -0.15) is 0 Å². The van der Waals surface area contributed by atoms with Gasteiger partial charge in [0.05, 0.1) is 24.3 Å². The molecular formula is C27H26F2N2O3. The normalized spacial score (nSPS) is 22.2. The Labute approximate surface area is 197 Å². The molecule has 176 valence electrons. The molecule has 3 heterocycles. The molecule has 2 aliphatic rings. The Morgan fingerprint density at radius 3 is 2.82 bits per heavy atom. The van der Waals surface area contributed by atoms with E-state index in [1.807, 2.05) is 4.90 Å². The van der Waals surface area contributed by atoms with Crippen molar-refractivity contribution in [2.45, 2.75) is 37.4 Å². The molecule has 2 fully saturated rings. The predicted octanol–water partition coefficient (Wildman–Crippen LogP) is 4.79. The van der Waals surface area contributed by atoms with Gasteiger partial charge in [-0.3, -0.25) is 9.78 Å². The number of ether oxygens (including phenoxy) is 2. The van der Waals surface area contributed by atoms with Crippen molar-refractivity contribution in [2.24, 2.45) is 0 Å². The third-order valence-electron chi connectivity index (χ3n) is 6.50. The maximum Gasteiger partial charge on any atom is 0.255 e. The Bertz CT molecular complexity index is 1170. The van der Waals surface area contributed by atoms with Crippen LogP contribution in [0.1, 0.15) is 40.9 Å². The molecule has 34 heavy (non-hydrogen) atoms. The zero-order valence-corrected chi connectivity index (χ0v) is 18.8. The first-order valence-electron chi connectivity index (χ1n) is 11.5. The van der Waals surface area contributed by atoms with E-state index < -0.39 is 5.60 Å². The van der Waals surface area contributed by atoms with Gasteiger partial charge in [-0.05, 0) is 48.7 Å². The maximum absolute atomic E-state index is 13.9. The summed E-state index contributed by atoms with van der Waals surface area (Å²) >= 11 is 0. The van der Waals surface area contributed by atoms with Crippen molar-refractivity contribution >= 4 is 5.91 Å². The minimum absolute atomic E-state index is 0.0953. The molecule has 2 atom stereocenters. The van der Waals surface area contributed by atoms with Crippen LogP contribution in [0.15, 0.2) is 66.9 Å². The zero-order chi connectivity index (χ0) is 23.5. The van der Waals surface area contributed by atoms with Crippen LogP contribution in [-0.4, -0.2) is 47.2 Å². The highest BCUT2D eigenvalue weighted by Gasteiger charge is 2.45. The number of aromatic nitrogens is 1. The Hall–Kier alpha value is -3.32. The maximum atomic E-state index is 13.9. The average molecular weight is 465 g/mol. The highest BCUT2D eigenvalue weighted by molar-refractivity contribution is 5.94. The third kappa shape index (κ3) is 4.94. The quantitative estimate of drug-likeness (QED) is 0.545. The summed E-state index contributed by atoms with van der Waals surface area (Å²) in [6, 6.07) is 16.2. The molecule has 0 bridgehead atoms. The second-order valence-corrected chi connectivity index (χ2v) is 9.03. The Kier molecular flexibility index (Phi) is 6.28. The molecule has 0 N–H and O–H groups in total. The van der Waals surface area contributed by atoms with Gasteiger partial charge in [-0.1, -0.05) is 24.3 Å². The number of rotatable bonds is 5. The van der Waals surface area contributed by atoms with E-state index in [2.05, 4.69) is 4.98 Å². The zero-order valence-electron chi connectivity index (χ0n) is 18.8. The number of hydrogen-bond donors (Lipinski definition) is 0. The fourth-order valence-electron chi connectivity index (χ4n) is 4.84. The molecule has 7 heteroatoms. The van der Waals surface area contributed by atoms with E-state index in [0.717, 1.165) is 12.8 Å². The first-order chi connectivity index (χ1) is 16.5. The minimum atomic E-state index is -0.454. The highest BCUT2D eigenvalue weighted by Crippen LogP contribution is 2.36. The number of nitrogens with zero attached hydrogens (tertiary/aromatic N) is 2. The number of carbonyl (C=O) groups excluding carboxylic acids is 1. The molecule has 5 nitrogen and oxygen atoms in total. The van der Waals surface area contributed by atoms with E-state index in [1.165, 1.54) is 18.2 Å². The van der Waals surface area contributed by atoms with Crippen LogP contribution in [0.4, 0.5) is 8.78 Å². The lowest BCUT2D eigenvalue weighted by molar-refractivity contribution is -0.0453. The van der Waals surface area contributed by atoms with Crippen LogP contribution in [0.2, 0.25) is 0 Å². The fourth-order valence-corrected chi connectivity index (χ4v) is 4.84. The molecule has 2 saturated heterocycles. The lowest BCUT2D eigenvalue weighted by Crippen LogP contribution is -2.50. The number of pyridine rings is 1. The Morgan fingerprint density at radius 1 is 1.15 bits per heavy atom. The number of hydrogen-bond acceptors (Lipinski definition) is 4. The topological polar surface area (TPSA) is 51.7 Å². The largest absolute Gasteiger partial charge is 0.488 e. The summed E-state index contributed by atoms with van der Waals surface area (Å²) in [6.45, 7) is 1.53. The van der Waals surface area contributed by atoms with Crippen molar-refractivity contribution in [3.63, 3.8) is 0 Å². The van der Waals surface area contributed by atoms with Crippen LogP contribution < -0.4 is 4.74 Å². The van der Waals surface area contributed by atoms with Crippen LogP contribution in [0.25, 0.3) is 0 Å². The average Bonchev–Trinajstić information content (AvgIpc) is 3.21. The second kappa shape index (κ2) is 9.50. The summed E-state index contributed by atoms with van der Waals surface area (Å²) in [7, 11) is 0. The molecular weight excluding hydrogens is 438 g/mol. The van der Waals surface area contributed by atoms with Crippen molar-refractivity contribution in [1.82, 2.24) is 9.88 Å². The van der Waals surface area contributed by atoms with E-state index in [0.29, 0.717) is 55.1 Å². The van der Waals surface area contributed by atoms with Gasteiger partial charge in [-0.15, -0.1) is 0 Å². The van der Waals surface area contributed by atoms with Gasteiger partial charge >= 0.3 is 0 Å². The van der Waals surface area contributed by atoms with Crippen molar-refractivity contribution < 1.29 is 23.0 Å². The number of amides is 1. The summed E-state index contributed by atoms with van der Waals surface area (Å²) < 4.78 is 39.5. The number of piperidine rings is 1. The number of carbonyl (C=O) groups is 1. The molecule has 2 aromatic carbocycles.